The summed E-state index contributed by atoms with van der Waals surface area (Å²) in [6.45, 7) is 4.97. The van der Waals surface area contributed by atoms with E-state index in [9.17, 15) is 18.4 Å². The minimum Gasteiger partial charge on any atom is -0.344 e. The van der Waals surface area contributed by atoms with Gasteiger partial charge in [-0.2, -0.15) is 0 Å². The van der Waals surface area contributed by atoms with Crippen LogP contribution in [0, 0.1) is 17.6 Å². The quantitative estimate of drug-likeness (QED) is 0.867. The van der Waals surface area contributed by atoms with Crippen LogP contribution in [0.4, 0.5) is 13.9 Å². The summed E-state index contributed by atoms with van der Waals surface area (Å²) >= 11 is 1.16. The molecule has 0 saturated carbocycles. The van der Waals surface area contributed by atoms with Crippen LogP contribution in [0.15, 0.2) is 23.6 Å². The fraction of sp³-hybridized carbons (Fsp3) is 0.312. The Morgan fingerprint density at radius 1 is 1.21 bits per heavy atom. The summed E-state index contributed by atoms with van der Waals surface area (Å²) in [7, 11) is 0. The third kappa shape index (κ3) is 4.35. The zero-order valence-electron chi connectivity index (χ0n) is 13.4. The van der Waals surface area contributed by atoms with Crippen LogP contribution in [0.2, 0.25) is 0 Å². The number of hydrogen-bond donors (Lipinski definition) is 2. The number of nitrogens with zero attached hydrogens (tertiary/aromatic N) is 1. The Balaban J connectivity index is 2.14. The molecule has 0 aliphatic rings. The van der Waals surface area contributed by atoms with Gasteiger partial charge in [-0.3, -0.25) is 9.59 Å². The maximum absolute atomic E-state index is 13.3. The number of aromatic nitrogens is 1. The number of amides is 2. The smallest absolute Gasteiger partial charge is 0.248 e. The molecule has 1 aromatic heterocycles. The standard InChI is InChI=1S/C16H17F2N3O2S/c1-8(2)14(19-9(3)22)15(23)21-16-20-13(7-24-16)10-4-5-11(17)12(18)6-10/h4-8,14H,1-3H3,(H,19,22)(H,20,21,23)/t14-/m1/s1. The van der Waals surface area contributed by atoms with Gasteiger partial charge in [0.05, 0.1) is 5.69 Å². The average Bonchev–Trinajstić information content (AvgIpc) is 2.95. The van der Waals surface area contributed by atoms with Crippen LogP contribution in [-0.4, -0.2) is 22.8 Å². The number of carbonyl (C=O) groups excluding carboxylic acids is 2. The van der Waals surface area contributed by atoms with Crippen molar-refractivity contribution < 1.29 is 18.4 Å². The lowest BCUT2D eigenvalue weighted by Gasteiger charge is -2.20. The molecule has 0 radical (unpaired) electrons. The van der Waals surface area contributed by atoms with E-state index in [0.717, 1.165) is 23.5 Å². The molecule has 0 bridgehead atoms. The minimum absolute atomic E-state index is 0.0977. The first-order valence-electron chi connectivity index (χ1n) is 7.27. The Labute approximate surface area is 142 Å². The van der Waals surface area contributed by atoms with E-state index in [0.29, 0.717) is 16.4 Å². The van der Waals surface area contributed by atoms with Gasteiger partial charge in [0.15, 0.2) is 16.8 Å². The van der Waals surface area contributed by atoms with Gasteiger partial charge in [0.25, 0.3) is 0 Å². The Morgan fingerprint density at radius 3 is 2.50 bits per heavy atom. The Kier molecular flexibility index (Phi) is 5.61. The lowest BCUT2D eigenvalue weighted by atomic mass is 10.0. The number of nitrogens with one attached hydrogen (secondary N) is 2. The van der Waals surface area contributed by atoms with E-state index in [1.165, 1.54) is 13.0 Å². The first-order valence-corrected chi connectivity index (χ1v) is 8.14. The van der Waals surface area contributed by atoms with E-state index in [2.05, 4.69) is 15.6 Å². The van der Waals surface area contributed by atoms with Gasteiger partial charge in [-0.1, -0.05) is 13.8 Å². The first-order chi connectivity index (χ1) is 11.3. The lowest BCUT2D eigenvalue weighted by Crippen LogP contribution is -2.46. The number of halogens is 2. The molecule has 1 atom stereocenters. The normalized spacial score (nSPS) is 12.1. The first kappa shape index (κ1) is 18.0. The highest BCUT2D eigenvalue weighted by Crippen LogP contribution is 2.26. The molecule has 2 amide bonds. The molecule has 2 N–H and O–H groups in total. The van der Waals surface area contributed by atoms with Crippen molar-refractivity contribution in [1.82, 2.24) is 10.3 Å². The third-order valence-electron chi connectivity index (χ3n) is 3.26. The van der Waals surface area contributed by atoms with Crippen molar-refractivity contribution in [3.63, 3.8) is 0 Å². The number of rotatable bonds is 5. The molecule has 1 aromatic carbocycles. The van der Waals surface area contributed by atoms with Crippen molar-refractivity contribution in [2.24, 2.45) is 5.92 Å². The van der Waals surface area contributed by atoms with Crippen LogP contribution in [0.1, 0.15) is 20.8 Å². The van der Waals surface area contributed by atoms with Gasteiger partial charge in [0.2, 0.25) is 11.8 Å². The van der Waals surface area contributed by atoms with Crippen molar-refractivity contribution in [3.05, 3.63) is 35.2 Å². The molecule has 2 rings (SSSR count). The lowest BCUT2D eigenvalue weighted by molar-refractivity contribution is -0.126. The summed E-state index contributed by atoms with van der Waals surface area (Å²) in [5.41, 5.74) is 0.836. The summed E-state index contributed by atoms with van der Waals surface area (Å²) in [5, 5.41) is 7.16. The molecule has 0 fully saturated rings. The maximum Gasteiger partial charge on any atom is 0.248 e. The molecular formula is C16H17F2N3O2S. The van der Waals surface area contributed by atoms with E-state index < -0.39 is 17.7 Å². The van der Waals surface area contributed by atoms with Gasteiger partial charge < -0.3 is 10.6 Å². The summed E-state index contributed by atoms with van der Waals surface area (Å²) in [5.74, 6) is -2.68. The number of thiazole rings is 1. The predicted octanol–water partition coefficient (Wildman–Crippen LogP) is 3.19. The predicted molar refractivity (Wildman–Crippen MR) is 88.5 cm³/mol. The summed E-state index contributed by atoms with van der Waals surface area (Å²) in [6, 6.07) is 2.80. The summed E-state index contributed by atoms with van der Waals surface area (Å²) < 4.78 is 26.3. The van der Waals surface area contributed by atoms with E-state index in [1.807, 2.05) is 13.8 Å². The van der Waals surface area contributed by atoms with Crippen molar-refractivity contribution in [1.29, 1.82) is 0 Å². The maximum atomic E-state index is 13.3. The van der Waals surface area contributed by atoms with Crippen LogP contribution in [-0.2, 0) is 9.59 Å². The molecule has 5 nitrogen and oxygen atoms in total. The molecule has 128 valence electrons. The third-order valence-corrected chi connectivity index (χ3v) is 4.02. The summed E-state index contributed by atoms with van der Waals surface area (Å²) in [6.07, 6.45) is 0. The topological polar surface area (TPSA) is 71.1 Å². The molecule has 1 heterocycles. The van der Waals surface area contributed by atoms with Gasteiger partial charge >= 0.3 is 0 Å². The van der Waals surface area contributed by atoms with Crippen LogP contribution in [0.25, 0.3) is 11.3 Å². The Hall–Kier alpha value is -2.35. The van der Waals surface area contributed by atoms with Gasteiger partial charge in [-0.25, -0.2) is 13.8 Å². The highest BCUT2D eigenvalue weighted by atomic mass is 32.1. The molecule has 0 spiro atoms. The van der Waals surface area contributed by atoms with Crippen LogP contribution < -0.4 is 10.6 Å². The van der Waals surface area contributed by atoms with Crippen LogP contribution >= 0.6 is 11.3 Å². The number of hydrogen-bond acceptors (Lipinski definition) is 4. The highest BCUT2D eigenvalue weighted by Gasteiger charge is 2.23. The fourth-order valence-corrected chi connectivity index (χ4v) is 2.78. The van der Waals surface area contributed by atoms with Gasteiger partial charge in [-0.05, 0) is 24.1 Å². The van der Waals surface area contributed by atoms with E-state index >= 15 is 0 Å². The van der Waals surface area contributed by atoms with Gasteiger partial charge in [0, 0.05) is 17.9 Å². The van der Waals surface area contributed by atoms with E-state index in [1.54, 1.807) is 5.38 Å². The zero-order chi connectivity index (χ0) is 17.9. The number of anilines is 1. The molecule has 0 aliphatic carbocycles. The number of benzene rings is 1. The summed E-state index contributed by atoms with van der Waals surface area (Å²) in [4.78, 5) is 27.7. The van der Waals surface area contributed by atoms with Crippen LogP contribution in [0.3, 0.4) is 0 Å². The SMILES string of the molecule is CC(=O)N[C@@H](C(=O)Nc1nc(-c2ccc(F)c(F)c2)cs1)C(C)C. The van der Waals surface area contributed by atoms with Crippen molar-refractivity contribution in [3.8, 4) is 11.3 Å². The monoisotopic (exact) mass is 353 g/mol. The molecule has 0 unspecified atom stereocenters. The minimum atomic E-state index is -0.961. The van der Waals surface area contributed by atoms with Gasteiger partial charge in [-0.15, -0.1) is 11.3 Å². The Morgan fingerprint density at radius 2 is 1.92 bits per heavy atom. The molecular weight excluding hydrogens is 336 g/mol. The second-order valence-corrected chi connectivity index (χ2v) is 6.44. The second kappa shape index (κ2) is 7.48. The molecule has 8 heteroatoms. The number of carbonyl (C=O) groups is 2. The average molecular weight is 353 g/mol. The van der Waals surface area contributed by atoms with Crippen molar-refractivity contribution >= 4 is 28.3 Å². The van der Waals surface area contributed by atoms with E-state index in [4.69, 9.17) is 0 Å². The fourth-order valence-electron chi connectivity index (χ4n) is 2.06. The zero-order valence-corrected chi connectivity index (χ0v) is 14.2. The molecule has 0 aliphatic heterocycles. The second-order valence-electron chi connectivity index (χ2n) is 5.58. The van der Waals surface area contributed by atoms with Crippen LogP contribution in [0.5, 0.6) is 0 Å². The van der Waals surface area contributed by atoms with Crippen molar-refractivity contribution in [2.75, 3.05) is 5.32 Å². The molecule has 24 heavy (non-hydrogen) atoms. The van der Waals surface area contributed by atoms with Crippen molar-refractivity contribution in [2.45, 2.75) is 26.8 Å². The largest absolute Gasteiger partial charge is 0.344 e. The Bertz CT molecular complexity index is 762. The van der Waals surface area contributed by atoms with Gasteiger partial charge in [0.1, 0.15) is 6.04 Å². The molecule has 0 saturated heterocycles. The highest BCUT2D eigenvalue weighted by molar-refractivity contribution is 7.14. The van der Waals surface area contributed by atoms with E-state index in [-0.39, 0.29) is 17.7 Å². The molecule has 2 aromatic rings.